The van der Waals surface area contributed by atoms with Crippen LogP contribution in [0.2, 0.25) is 0 Å². The number of hydrogen-bond acceptors (Lipinski definition) is 4. The predicted molar refractivity (Wildman–Crippen MR) is 99.1 cm³/mol. The molecule has 2 aromatic rings. The van der Waals surface area contributed by atoms with Crippen LogP contribution in [0.3, 0.4) is 0 Å². The van der Waals surface area contributed by atoms with E-state index in [9.17, 15) is 18.0 Å². The Balaban J connectivity index is 1.76. The van der Waals surface area contributed by atoms with Crippen LogP contribution in [0.25, 0.3) is 0 Å². The molecule has 1 aliphatic rings. The number of nitrogens with one attached hydrogen (secondary N) is 2. The van der Waals surface area contributed by atoms with E-state index >= 15 is 0 Å². The minimum absolute atomic E-state index is 0.0178. The van der Waals surface area contributed by atoms with Crippen molar-refractivity contribution in [2.24, 2.45) is 5.92 Å². The molecule has 152 valence electrons. The molecular formula is C19H24F3N5O. The highest BCUT2D eigenvalue weighted by Gasteiger charge is 2.47. The van der Waals surface area contributed by atoms with Crippen molar-refractivity contribution in [3.8, 4) is 0 Å². The maximum Gasteiger partial charge on any atom is 0.410 e. The van der Waals surface area contributed by atoms with Gasteiger partial charge in [-0.25, -0.2) is 4.68 Å². The van der Waals surface area contributed by atoms with E-state index in [2.05, 4.69) is 20.7 Å². The van der Waals surface area contributed by atoms with Gasteiger partial charge in [-0.05, 0) is 31.4 Å². The summed E-state index contributed by atoms with van der Waals surface area (Å²) < 4.78 is 41.5. The Morgan fingerprint density at radius 2 is 2.11 bits per heavy atom. The quantitative estimate of drug-likeness (QED) is 0.812. The standard InChI is InChI=1S/C19H24F3N5O/c1-11(2)14-9-16(19(20,21)22)27-17(25-14)10-15(26-27)18(28)24-12(3)8-13-6-4-5-7-23-13/h4-7,10-12,14,16,25H,8-9H2,1-3H3,(H,24,28)/t12?,14-,16+/m0/s1. The second-order valence-electron chi connectivity index (χ2n) is 7.55. The average molecular weight is 395 g/mol. The number of aromatic nitrogens is 3. The van der Waals surface area contributed by atoms with Crippen molar-refractivity contribution >= 4 is 11.7 Å². The van der Waals surface area contributed by atoms with Crippen LogP contribution in [0.1, 0.15) is 49.4 Å². The lowest BCUT2D eigenvalue weighted by atomic mass is 9.94. The maximum atomic E-state index is 13.5. The maximum absolute atomic E-state index is 13.5. The van der Waals surface area contributed by atoms with Gasteiger partial charge in [0.05, 0.1) is 0 Å². The molecule has 0 saturated carbocycles. The summed E-state index contributed by atoms with van der Waals surface area (Å²) >= 11 is 0. The summed E-state index contributed by atoms with van der Waals surface area (Å²) in [4.78, 5) is 16.7. The fraction of sp³-hybridized carbons (Fsp3) is 0.526. The van der Waals surface area contributed by atoms with Gasteiger partial charge in [0.1, 0.15) is 5.82 Å². The van der Waals surface area contributed by atoms with Gasteiger partial charge in [0.15, 0.2) is 11.7 Å². The Kier molecular flexibility index (Phi) is 5.62. The molecule has 0 saturated heterocycles. The monoisotopic (exact) mass is 395 g/mol. The fourth-order valence-corrected chi connectivity index (χ4v) is 3.33. The predicted octanol–water partition coefficient (Wildman–Crippen LogP) is 3.58. The van der Waals surface area contributed by atoms with Crippen LogP contribution in [0.15, 0.2) is 30.5 Å². The van der Waals surface area contributed by atoms with Crippen LogP contribution in [0, 0.1) is 5.92 Å². The largest absolute Gasteiger partial charge is 0.410 e. The summed E-state index contributed by atoms with van der Waals surface area (Å²) in [5.74, 6) is -0.270. The number of rotatable bonds is 5. The highest BCUT2D eigenvalue weighted by Crippen LogP contribution is 2.40. The number of amides is 1. The average Bonchev–Trinajstić information content (AvgIpc) is 3.04. The summed E-state index contributed by atoms with van der Waals surface area (Å²) in [5, 5.41) is 9.81. The molecule has 9 heteroatoms. The van der Waals surface area contributed by atoms with E-state index in [1.165, 1.54) is 6.07 Å². The van der Waals surface area contributed by atoms with Crippen LogP contribution in [-0.4, -0.2) is 38.9 Å². The molecule has 1 unspecified atom stereocenters. The minimum atomic E-state index is -4.43. The number of alkyl halides is 3. The summed E-state index contributed by atoms with van der Waals surface area (Å²) in [5.41, 5.74) is 0.784. The topological polar surface area (TPSA) is 71.8 Å². The van der Waals surface area contributed by atoms with E-state index in [0.29, 0.717) is 6.42 Å². The number of carbonyl (C=O) groups is 1. The lowest BCUT2D eigenvalue weighted by Crippen LogP contribution is -2.41. The van der Waals surface area contributed by atoms with Gasteiger partial charge < -0.3 is 10.6 Å². The van der Waals surface area contributed by atoms with E-state index in [1.54, 1.807) is 12.3 Å². The van der Waals surface area contributed by atoms with Crippen LogP contribution in [0.5, 0.6) is 0 Å². The Morgan fingerprint density at radius 1 is 1.36 bits per heavy atom. The molecule has 0 aliphatic carbocycles. The third-order valence-electron chi connectivity index (χ3n) is 4.88. The van der Waals surface area contributed by atoms with E-state index < -0.39 is 18.1 Å². The summed E-state index contributed by atoms with van der Waals surface area (Å²) in [6.45, 7) is 5.54. The first-order valence-corrected chi connectivity index (χ1v) is 9.28. The molecule has 3 rings (SSSR count). The summed E-state index contributed by atoms with van der Waals surface area (Å²) in [6.07, 6.45) is -2.37. The molecule has 1 aliphatic heterocycles. The number of hydrogen-bond donors (Lipinski definition) is 2. The zero-order valence-corrected chi connectivity index (χ0v) is 16.0. The van der Waals surface area contributed by atoms with Crippen molar-refractivity contribution in [1.29, 1.82) is 0 Å². The van der Waals surface area contributed by atoms with Crippen molar-refractivity contribution in [2.45, 2.75) is 57.9 Å². The number of nitrogens with zero attached hydrogens (tertiary/aromatic N) is 3. The van der Waals surface area contributed by atoms with Gasteiger partial charge in [-0.1, -0.05) is 19.9 Å². The van der Waals surface area contributed by atoms with Crippen molar-refractivity contribution in [2.75, 3.05) is 5.32 Å². The Hall–Kier alpha value is -2.58. The molecular weight excluding hydrogens is 371 g/mol. The van der Waals surface area contributed by atoms with Crippen molar-refractivity contribution < 1.29 is 18.0 Å². The van der Waals surface area contributed by atoms with Gasteiger partial charge in [-0.15, -0.1) is 0 Å². The third kappa shape index (κ3) is 4.45. The van der Waals surface area contributed by atoms with Crippen LogP contribution in [-0.2, 0) is 6.42 Å². The lowest BCUT2D eigenvalue weighted by molar-refractivity contribution is -0.174. The van der Waals surface area contributed by atoms with Crippen molar-refractivity contribution in [3.63, 3.8) is 0 Å². The van der Waals surface area contributed by atoms with Gasteiger partial charge in [0, 0.05) is 36.5 Å². The minimum Gasteiger partial charge on any atom is -0.367 e. The molecule has 2 aromatic heterocycles. The normalized spacial score (nSPS) is 20.4. The Labute approximate surface area is 161 Å². The number of pyridine rings is 1. The highest BCUT2D eigenvalue weighted by atomic mass is 19.4. The van der Waals surface area contributed by atoms with Crippen LogP contribution in [0.4, 0.5) is 19.0 Å². The SMILES string of the molecule is CC(Cc1ccccn1)NC(=O)c1cc2n(n1)[C@@H](C(F)(F)F)C[C@@H](C(C)C)N2. The molecule has 2 N–H and O–H groups in total. The van der Waals surface area contributed by atoms with Crippen LogP contribution < -0.4 is 10.6 Å². The van der Waals surface area contributed by atoms with E-state index in [-0.39, 0.29) is 35.9 Å². The van der Waals surface area contributed by atoms with E-state index in [1.807, 2.05) is 32.9 Å². The second kappa shape index (κ2) is 7.81. The van der Waals surface area contributed by atoms with Gasteiger partial charge in [-0.3, -0.25) is 9.78 Å². The zero-order chi connectivity index (χ0) is 20.5. The summed E-state index contributed by atoms with van der Waals surface area (Å²) in [6, 6.07) is 4.57. The van der Waals surface area contributed by atoms with Gasteiger partial charge in [0.2, 0.25) is 0 Å². The molecule has 3 atom stereocenters. The first-order valence-electron chi connectivity index (χ1n) is 9.28. The molecule has 1 amide bonds. The highest BCUT2D eigenvalue weighted by molar-refractivity contribution is 5.93. The molecule has 28 heavy (non-hydrogen) atoms. The molecule has 0 spiro atoms. The number of fused-ring (bicyclic) bond motifs is 1. The zero-order valence-electron chi connectivity index (χ0n) is 16.0. The first kappa shape index (κ1) is 20.2. The second-order valence-corrected chi connectivity index (χ2v) is 7.55. The molecule has 6 nitrogen and oxygen atoms in total. The fourth-order valence-electron chi connectivity index (χ4n) is 3.33. The molecule has 3 heterocycles. The lowest BCUT2D eigenvalue weighted by Gasteiger charge is -2.35. The van der Waals surface area contributed by atoms with E-state index in [0.717, 1.165) is 10.4 Å². The molecule has 0 aromatic carbocycles. The van der Waals surface area contributed by atoms with Crippen LogP contribution >= 0.6 is 0 Å². The third-order valence-corrected chi connectivity index (χ3v) is 4.88. The summed E-state index contributed by atoms with van der Waals surface area (Å²) in [7, 11) is 0. The van der Waals surface area contributed by atoms with Crippen molar-refractivity contribution in [3.05, 3.63) is 41.9 Å². The molecule has 0 fully saturated rings. The molecule has 0 radical (unpaired) electrons. The smallest absolute Gasteiger partial charge is 0.367 e. The number of anilines is 1. The number of carbonyl (C=O) groups excluding carboxylic acids is 1. The molecule has 0 bridgehead atoms. The first-order chi connectivity index (χ1) is 13.1. The van der Waals surface area contributed by atoms with Gasteiger partial charge in [-0.2, -0.15) is 18.3 Å². The van der Waals surface area contributed by atoms with E-state index in [4.69, 9.17) is 0 Å². The van der Waals surface area contributed by atoms with Crippen molar-refractivity contribution in [1.82, 2.24) is 20.1 Å². The van der Waals surface area contributed by atoms with Gasteiger partial charge in [0.25, 0.3) is 5.91 Å². The van der Waals surface area contributed by atoms with Gasteiger partial charge >= 0.3 is 6.18 Å². The Bertz CT molecular complexity index is 819. The number of halogens is 3. The Morgan fingerprint density at radius 3 is 2.71 bits per heavy atom.